The Balaban J connectivity index is 2.21. The van der Waals surface area contributed by atoms with Crippen LogP contribution in [0, 0.1) is 5.82 Å². The van der Waals surface area contributed by atoms with Crippen LogP contribution in [0.5, 0.6) is 0 Å². The molecule has 0 spiro atoms. The summed E-state index contributed by atoms with van der Waals surface area (Å²) < 4.78 is 27.9. The number of aromatic nitrogens is 3. The molecule has 0 radical (unpaired) electrons. The van der Waals surface area contributed by atoms with Crippen molar-refractivity contribution in [2.24, 2.45) is 0 Å². The van der Waals surface area contributed by atoms with Crippen LogP contribution in [-0.2, 0) is 0 Å². The molecule has 8 heteroatoms. The van der Waals surface area contributed by atoms with E-state index in [0.717, 1.165) is 0 Å². The summed E-state index contributed by atoms with van der Waals surface area (Å²) in [5.41, 5.74) is 0.124. The van der Waals surface area contributed by atoms with Crippen LogP contribution >= 0.6 is 23.4 Å². The zero-order valence-corrected chi connectivity index (χ0v) is 13.0. The number of alkyl halides is 1. The molecule has 1 saturated heterocycles. The second-order valence-electron chi connectivity index (χ2n) is 4.90. The van der Waals surface area contributed by atoms with Crippen molar-refractivity contribution in [2.75, 3.05) is 17.7 Å². The number of thioether (sulfide) groups is 1. The number of fused-ring (bicyclic) bond motifs is 1. The van der Waals surface area contributed by atoms with Crippen LogP contribution in [0.2, 0.25) is 5.15 Å². The molecule has 0 amide bonds. The van der Waals surface area contributed by atoms with Crippen LogP contribution in [0.15, 0.2) is 11.4 Å². The summed E-state index contributed by atoms with van der Waals surface area (Å²) in [6.07, 6.45) is 2.81. The van der Waals surface area contributed by atoms with E-state index in [-0.39, 0.29) is 16.7 Å². The monoisotopic (exact) mass is 330 g/mol. The van der Waals surface area contributed by atoms with Crippen molar-refractivity contribution in [3.8, 4) is 0 Å². The lowest BCUT2D eigenvalue weighted by Crippen LogP contribution is -2.31. The average Bonchev–Trinajstić information content (AvgIpc) is 2.82. The molecule has 1 aliphatic heterocycles. The number of nitrogens with zero attached hydrogens (tertiary/aromatic N) is 4. The van der Waals surface area contributed by atoms with E-state index in [1.165, 1.54) is 18.0 Å². The molecule has 21 heavy (non-hydrogen) atoms. The molecule has 0 aromatic carbocycles. The van der Waals surface area contributed by atoms with E-state index < -0.39 is 12.0 Å². The summed E-state index contributed by atoms with van der Waals surface area (Å²) in [6.45, 7) is 2.29. The molecular weight excluding hydrogens is 318 g/mol. The van der Waals surface area contributed by atoms with Crippen LogP contribution in [0.1, 0.15) is 13.3 Å². The van der Waals surface area contributed by atoms with Gasteiger partial charge in [-0.3, -0.25) is 0 Å². The molecule has 2 atom stereocenters. The zero-order chi connectivity index (χ0) is 15.1. The Bertz CT molecular complexity index is 699. The lowest BCUT2D eigenvalue weighted by atomic mass is 10.2. The molecule has 0 bridgehead atoms. The van der Waals surface area contributed by atoms with Gasteiger partial charge in [0.25, 0.3) is 0 Å². The van der Waals surface area contributed by atoms with Gasteiger partial charge in [0, 0.05) is 12.7 Å². The van der Waals surface area contributed by atoms with Gasteiger partial charge in [-0.15, -0.1) is 0 Å². The minimum atomic E-state index is -0.933. The normalized spacial score (nSPS) is 22.2. The van der Waals surface area contributed by atoms with E-state index in [1.54, 1.807) is 18.1 Å². The van der Waals surface area contributed by atoms with E-state index in [0.29, 0.717) is 29.3 Å². The first-order valence-corrected chi connectivity index (χ1v) is 8.09. The van der Waals surface area contributed by atoms with Gasteiger partial charge in [0.2, 0.25) is 0 Å². The predicted octanol–water partition coefficient (Wildman–Crippen LogP) is 3.48. The fourth-order valence-electron chi connectivity index (χ4n) is 2.52. The van der Waals surface area contributed by atoms with Crippen molar-refractivity contribution < 1.29 is 8.78 Å². The molecular formula is C13H13ClF2N4S. The van der Waals surface area contributed by atoms with Crippen molar-refractivity contribution in [2.45, 2.75) is 30.7 Å². The topological polar surface area (TPSA) is 41.9 Å². The van der Waals surface area contributed by atoms with Crippen molar-refractivity contribution in [3.63, 3.8) is 0 Å². The van der Waals surface area contributed by atoms with E-state index in [4.69, 9.17) is 11.6 Å². The molecule has 2 aromatic heterocycles. The van der Waals surface area contributed by atoms with Crippen LogP contribution in [0.4, 0.5) is 14.6 Å². The van der Waals surface area contributed by atoms with Crippen molar-refractivity contribution in [1.82, 2.24) is 15.0 Å². The molecule has 3 rings (SSSR count). The maximum atomic E-state index is 14.2. The summed E-state index contributed by atoms with van der Waals surface area (Å²) in [5, 5.41) is 0.654. The molecule has 0 aliphatic carbocycles. The number of anilines is 1. The predicted molar refractivity (Wildman–Crippen MR) is 80.4 cm³/mol. The Labute approximate surface area is 129 Å². The first kappa shape index (κ1) is 14.7. The summed E-state index contributed by atoms with van der Waals surface area (Å²) in [6, 6.07) is -0.331. The van der Waals surface area contributed by atoms with Gasteiger partial charge in [0.15, 0.2) is 16.1 Å². The minimum Gasteiger partial charge on any atom is -0.350 e. The summed E-state index contributed by atoms with van der Waals surface area (Å²) in [5.74, 6) is -0.228. The highest BCUT2D eigenvalue weighted by atomic mass is 35.5. The van der Waals surface area contributed by atoms with Crippen molar-refractivity contribution >= 4 is 40.1 Å². The van der Waals surface area contributed by atoms with Crippen LogP contribution in [0.25, 0.3) is 10.9 Å². The minimum absolute atomic E-state index is 0.124. The van der Waals surface area contributed by atoms with E-state index >= 15 is 0 Å². The molecule has 2 aromatic rings. The lowest BCUT2D eigenvalue weighted by molar-refractivity contribution is 0.320. The van der Waals surface area contributed by atoms with Crippen LogP contribution < -0.4 is 4.90 Å². The first-order valence-electron chi connectivity index (χ1n) is 6.49. The SMILES string of the molecule is CSc1ncc2c(N3CC[C@H](F)[C@@H]3C)nc(Cl)c(F)c2n1. The Morgan fingerprint density at radius 2 is 2.19 bits per heavy atom. The van der Waals surface area contributed by atoms with Crippen LogP contribution in [0.3, 0.4) is 0 Å². The number of hydrogen-bond acceptors (Lipinski definition) is 5. The fraction of sp³-hybridized carbons (Fsp3) is 0.462. The maximum Gasteiger partial charge on any atom is 0.187 e. The molecule has 3 heterocycles. The standard InChI is InChI=1S/C13H13ClF2N4S/c1-6-8(15)3-4-20(6)12-7-5-17-13(21-2)18-10(7)9(16)11(14)19-12/h5-6,8H,3-4H2,1-2H3/t6-,8-/m0/s1. The van der Waals surface area contributed by atoms with Crippen molar-refractivity contribution in [1.29, 1.82) is 0 Å². The van der Waals surface area contributed by atoms with Gasteiger partial charge in [-0.2, -0.15) is 0 Å². The molecule has 4 nitrogen and oxygen atoms in total. The molecule has 112 valence electrons. The zero-order valence-electron chi connectivity index (χ0n) is 11.5. The van der Waals surface area contributed by atoms with Gasteiger partial charge in [0.1, 0.15) is 17.5 Å². The van der Waals surface area contributed by atoms with Gasteiger partial charge < -0.3 is 4.90 Å². The third kappa shape index (κ3) is 2.42. The maximum absolute atomic E-state index is 14.2. The van der Waals surface area contributed by atoms with Gasteiger partial charge in [0.05, 0.1) is 11.4 Å². The molecule has 0 saturated carbocycles. The van der Waals surface area contributed by atoms with E-state index in [9.17, 15) is 8.78 Å². The summed E-state index contributed by atoms with van der Waals surface area (Å²) >= 11 is 7.19. The van der Waals surface area contributed by atoms with Gasteiger partial charge in [-0.05, 0) is 19.6 Å². The lowest BCUT2D eigenvalue weighted by Gasteiger charge is -2.24. The number of hydrogen-bond donors (Lipinski definition) is 0. The Morgan fingerprint density at radius 1 is 1.43 bits per heavy atom. The summed E-state index contributed by atoms with van der Waals surface area (Å²) in [4.78, 5) is 14.2. The average molecular weight is 331 g/mol. The van der Waals surface area contributed by atoms with E-state index in [2.05, 4.69) is 15.0 Å². The summed E-state index contributed by atoms with van der Waals surface area (Å²) in [7, 11) is 0. The van der Waals surface area contributed by atoms with Gasteiger partial charge in [-0.25, -0.2) is 23.7 Å². The Hall–Kier alpha value is -1.21. The highest BCUT2D eigenvalue weighted by Gasteiger charge is 2.33. The number of halogens is 3. The number of rotatable bonds is 2. The van der Waals surface area contributed by atoms with Gasteiger partial charge >= 0.3 is 0 Å². The highest BCUT2D eigenvalue weighted by Crippen LogP contribution is 2.34. The third-order valence-corrected chi connectivity index (χ3v) is 4.53. The second kappa shape index (κ2) is 5.53. The fourth-order valence-corrected chi connectivity index (χ4v) is 3.03. The molecule has 0 N–H and O–H groups in total. The highest BCUT2D eigenvalue weighted by molar-refractivity contribution is 7.98. The van der Waals surface area contributed by atoms with E-state index in [1.807, 2.05) is 0 Å². The third-order valence-electron chi connectivity index (χ3n) is 3.72. The molecule has 0 unspecified atom stereocenters. The van der Waals surface area contributed by atoms with Crippen LogP contribution in [-0.4, -0.2) is 40.0 Å². The van der Waals surface area contributed by atoms with Crippen molar-refractivity contribution in [3.05, 3.63) is 17.2 Å². The smallest absolute Gasteiger partial charge is 0.187 e. The Morgan fingerprint density at radius 3 is 2.81 bits per heavy atom. The largest absolute Gasteiger partial charge is 0.350 e. The number of pyridine rings is 1. The second-order valence-corrected chi connectivity index (χ2v) is 6.03. The van der Waals surface area contributed by atoms with Gasteiger partial charge in [-0.1, -0.05) is 23.4 Å². The molecule has 1 aliphatic rings. The Kier molecular flexibility index (Phi) is 3.88. The quantitative estimate of drug-likeness (QED) is 0.479. The molecule has 1 fully saturated rings. The first-order chi connectivity index (χ1) is 10.0.